The predicted molar refractivity (Wildman–Crippen MR) is 123 cm³/mol. The second kappa shape index (κ2) is 8.54. The quantitative estimate of drug-likeness (QED) is 0.646. The lowest BCUT2D eigenvalue weighted by Crippen LogP contribution is -2.60. The van der Waals surface area contributed by atoms with Gasteiger partial charge in [0.05, 0.1) is 0 Å². The molecule has 9 nitrogen and oxygen atoms in total. The summed E-state index contributed by atoms with van der Waals surface area (Å²) < 4.78 is 6.21. The van der Waals surface area contributed by atoms with Gasteiger partial charge in [0, 0.05) is 41.0 Å². The van der Waals surface area contributed by atoms with Crippen molar-refractivity contribution in [3.05, 3.63) is 0 Å². The molecule has 0 amide bonds. The van der Waals surface area contributed by atoms with Crippen LogP contribution >= 0.6 is 11.8 Å². The minimum Gasteiger partial charge on any atom is -0.460 e. The van der Waals surface area contributed by atoms with Gasteiger partial charge in [0.15, 0.2) is 5.16 Å². The molecule has 180 valence electrons. The van der Waals surface area contributed by atoms with Gasteiger partial charge in [-0.1, -0.05) is 11.8 Å². The van der Waals surface area contributed by atoms with Crippen molar-refractivity contribution in [1.29, 1.82) is 0 Å². The Morgan fingerprint density at radius 3 is 1.75 bits per heavy atom. The van der Waals surface area contributed by atoms with Gasteiger partial charge in [0.2, 0.25) is 5.95 Å². The standard InChI is InChI=1S/C22H38N6O3S/c1-19(2)10-14(11-20(3,4)27(19)29)23-16-24-17(26-18(25-16)32-9)31-15-12-21(5,6)28(30)22(7,8)13-15/h14-15H,10-13H2,1-9H3,(H,23,24,25,26). The zero-order chi connectivity index (χ0) is 24.1. The molecule has 1 aromatic rings. The van der Waals surface area contributed by atoms with Crippen LogP contribution in [0.1, 0.15) is 81.1 Å². The van der Waals surface area contributed by atoms with Crippen LogP contribution in [0.15, 0.2) is 5.16 Å². The average Bonchev–Trinajstić information content (AvgIpc) is 2.63. The first-order chi connectivity index (χ1) is 14.6. The van der Waals surface area contributed by atoms with Crippen LogP contribution in [0.4, 0.5) is 5.95 Å². The zero-order valence-corrected chi connectivity index (χ0v) is 21.7. The number of ether oxygens (including phenoxy) is 1. The van der Waals surface area contributed by atoms with Crippen molar-refractivity contribution in [2.24, 2.45) is 0 Å². The Bertz CT molecular complexity index is 734. The number of hydrogen-bond acceptors (Lipinski definition) is 8. The van der Waals surface area contributed by atoms with E-state index >= 15 is 0 Å². The maximum Gasteiger partial charge on any atom is 0.322 e. The van der Waals surface area contributed by atoms with Crippen LogP contribution in [0.2, 0.25) is 0 Å². The molecule has 0 unspecified atom stereocenters. The summed E-state index contributed by atoms with van der Waals surface area (Å²) >= 11 is 1.42. The molecule has 0 atom stereocenters. The highest BCUT2D eigenvalue weighted by molar-refractivity contribution is 7.98. The van der Waals surface area contributed by atoms with Crippen molar-refractivity contribution >= 4 is 17.7 Å². The lowest BCUT2D eigenvalue weighted by atomic mass is 9.79. The summed E-state index contributed by atoms with van der Waals surface area (Å²) in [7, 11) is 0. The monoisotopic (exact) mass is 466 g/mol. The van der Waals surface area contributed by atoms with E-state index in [2.05, 4.69) is 20.3 Å². The maximum atomic E-state index is 12.7. The minimum absolute atomic E-state index is 0.0525. The summed E-state index contributed by atoms with van der Waals surface area (Å²) in [5.41, 5.74) is -2.05. The SMILES string of the molecule is CSc1nc(NC2CC(C)(C)N([O])C(C)(C)C2)nc(OC2CC(C)(C)N([O])C(C)(C)C2)n1. The summed E-state index contributed by atoms with van der Waals surface area (Å²) in [6.07, 6.45) is 4.28. The van der Waals surface area contributed by atoms with Gasteiger partial charge >= 0.3 is 6.01 Å². The van der Waals surface area contributed by atoms with Gasteiger partial charge in [-0.15, -0.1) is 20.5 Å². The molecular weight excluding hydrogens is 428 g/mol. The van der Waals surface area contributed by atoms with Crippen LogP contribution in [0.3, 0.4) is 0 Å². The Morgan fingerprint density at radius 1 is 0.812 bits per heavy atom. The van der Waals surface area contributed by atoms with Gasteiger partial charge in [0.1, 0.15) is 6.10 Å². The molecule has 0 saturated carbocycles. The van der Waals surface area contributed by atoms with E-state index in [0.29, 0.717) is 36.8 Å². The highest BCUT2D eigenvalue weighted by atomic mass is 32.2. The third-order valence-corrected chi connectivity index (χ3v) is 7.08. The molecule has 0 aromatic carbocycles. The molecule has 10 heteroatoms. The number of anilines is 1. The summed E-state index contributed by atoms with van der Waals surface area (Å²) in [4.78, 5) is 13.5. The van der Waals surface area contributed by atoms with Gasteiger partial charge in [0.25, 0.3) is 0 Å². The van der Waals surface area contributed by atoms with E-state index in [9.17, 15) is 10.4 Å². The molecule has 2 aliphatic heterocycles. The lowest BCUT2D eigenvalue weighted by molar-refractivity contribution is -0.297. The van der Waals surface area contributed by atoms with Crippen molar-refractivity contribution in [3.63, 3.8) is 0 Å². The molecule has 32 heavy (non-hydrogen) atoms. The normalized spacial score (nSPS) is 26.1. The van der Waals surface area contributed by atoms with Crippen molar-refractivity contribution in [1.82, 2.24) is 25.1 Å². The Kier molecular flexibility index (Phi) is 6.78. The molecule has 0 spiro atoms. The third-order valence-electron chi connectivity index (χ3n) is 6.53. The van der Waals surface area contributed by atoms with E-state index < -0.39 is 22.2 Å². The molecule has 0 bridgehead atoms. The number of thioether (sulfide) groups is 1. The average molecular weight is 467 g/mol. The van der Waals surface area contributed by atoms with Crippen LogP contribution < -0.4 is 10.1 Å². The molecule has 3 heterocycles. The van der Waals surface area contributed by atoms with Crippen LogP contribution in [0.25, 0.3) is 0 Å². The largest absolute Gasteiger partial charge is 0.460 e. The minimum atomic E-state index is -0.535. The Labute approximate surface area is 196 Å². The van der Waals surface area contributed by atoms with E-state index in [1.165, 1.54) is 21.9 Å². The van der Waals surface area contributed by atoms with Gasteiger partial charge < -0.3 is 10.1 Å². The molecule has 1 N–H and O–H groups in total. The number of nitrogens with one attached hydrogen (secondary N) is 1. The first-order valence-electron chi connectivity index (χ1n) is 11.2. The molecule has 2 radical (unpaired) electrons. The van der Waals surface area contributed by atoms with Crippen molar-refractivity contribution in [2.45, 2.75) is 121 Å². The van der Waals surface area contributed by atoms with Crippen molar-refractivity contribution < 1.29 is 15.2 Å². The second-order valence-electron chi connectivity index (χ2n) is 11.7. The highest BCUT2D eigenvalue weighted by Gasteiger charge is 2.48. The zero-order valence-electron chi connectivity index (χ0n) is 20.9. The Balaban J connectivity index is 1.79. The highest BCUT2D eigenvalue weighted by Crippen LogP contribution is 2.39. The van der Waals surface area contributed by atoms with E-state index in [-0.39, 0.29) is 18.2 Å². The van der Waals surface area contributed by atoms with Crippen LogP contribution in [0, 0.1) is 0 Å². The van der Waals surface area contributed by atoms with E-state index in [0.717, 1.165) is 0 Å². The van der Waals surface area contributed by atoms with Crippen molar-refractivity contribution in [2.75, 3.05) is 11.6 Å². The third kappa shape index (κ3) is 5.30. The number of rotatable bonds is 5. The van der Waals surface area contributed by atoms with Crippen LogP contribution in [-0.2, 0) is 10.4 Å². The number of aromatic nitrogens is 3. The smallest absolute Gasteiger partial charge is 0.322 e. The Morgan fingerprint density at radius 2 is 1.28 bits per heavy atom. The van der Waals surface area contributed by atoms with E-state index in [4.69, 9.17) is 4.74 Å². The van der Waals surface area contributed by atoms with Gasteiger partial charge in [-0.05, 0) is 74.5 Å². The maximum absolute atomic E-state index is 12.7. The van der Waals surface area contributed by atoms with Gasteiger partial charge in [-0.2, -0.15) is 15.0 Å². The molecule has 3 rings (SSSR count). The summed E-state index contributed by atoms with van der Waals surface area (Å²) in [5, 5.41) is 31.7. The van der Waals surface area contributed by atoms with Crippen LogP contribution in [-0.4, -0.2) is 65.6 Å². The van der Waals surface area contributed by atoms with E-state index in [1.54, 1.807) is 0 Å². The number of piperidine rings is 2. The summed E-state index contributed by atoms with van der Waals surface area (Å²) in [6.45, 7) is 15.6. The Hall–Kier alpha value is -1.20. The first kappa shape index (κ1) is 25.4. The number of nitrogens with zero attached hydrogens (tertiary/aromatic N) is 5. The van der Waals surface area contributed by atoms with Crippen LogP contribution in [0.5, 0.6) is 6.01 Å². The van der Waals surface area contributed by atoms with E-state index in [1.807, 2.05) is 61.6 Å². The number of hydrogen-bond donors (Lipinski definition) is 1. The molecule has 2 saturated heterocycles. The molecular formula is C22H38N6O3S. The number of hydroxylamine groups is 4. The fourth-order valence-corrected chi connectivity index (χ4v) is 5.85. The predicted octanol–water partition coefficient (Wildman–Crippen LogP) is 4.12. The second-order valence-corrected chi connectivity index (χ2v) is 12.4. The molecule has 0 aliphatic carbocycles. The molecule has 2 aliphatic rings. The first-order valence-corrected chi connectivity index (χ1v) is 12.5. The van der Waals surface area contributed by atoms with Crippen molar-refractivity contribution in [3.8, 4) is 6.01 Å². The van der Waals surface area contributed by atoms with Gasteiger partial charge in [-0.3, -0.25) is 0 Å². The summed E-state index contributed by atoms with van der Waals surface area (Å²) in [5.74, 6) is 0.454. The molecule has 2 fully saturated rings. The topological polar surface area (TPSA) is 106 Å². The lowest BCUT2D eigenvalue weighted by Gasteiger charge is -2.50. The molecule has 1 aromatic heterocycles. The fraction of sp³-hybridized carbons (Fsp3) is 0.864. The fourth-order valence-electron chi connectivity index (χ4n) is 5.50. The summed E-state index contributed by atoms with van der Waals surface area (Å²) in [6, 6.07) is 0.319. The van der Waals surface area contributed by atoms with Gasteiger partial charge in [-0.25, -0.2) is 0 Å².